The van der Waals surface area contributed by atoms with Crippen LogP contribution in [0.3, 0.4) is 0 Å². The van der Waals surface area contributed by atoms with Gasteiger partial charge in [-0.1, -0.05) is 36.4 Å². The Morgan fingerprint density at radius 3 is 2.68 bits per heavy atom. The molecule has 0 fully saturated rings. The summed E-state index contributed by atoms with van der Waals surface area (Å²) < 4.78 is 0. The van der Waals surface area contributed by atoms with Gasteiger partial charge in [-0.15, -0.1) is 0 Å². The van der Waals surface area contributed by atoms with Gasteiger partial charge in [0.1, 0.15) is 0 Å². The molecule has 1 unspecified atom stereocenters. The van der Waals surface area contributed by atoms with Crippen LogP contribution in [0, 0.1) is 11.3 Å². The molecule has 0 saturated carbocycles. The molecule has 5 heteroatoms. The summed E-state index contributed by atoms with van der Waals surface area (Å²) in [5, 5.41) is 23.9. The van der Waals surface area contributed by atoms with Crippen LogP contribution in [-0.2, 0) is 6.42 Å². The van der Waals surface area contributed by atoms with Crippen LogP contribution in [0.15, 0.2) is 54.6 Å². The molecule has 22 heavy (non-hydrogen) atoms. The number of hydrogen-bond donors (Lipinski definition) is 3. The Hall–Kier alpha value is -2.84. The SMILES string of the molecule is N#Cc1cccc(NC(=O)NCC(O)Cc2ccccc2)c1. The number of anilines is 1. The van der Waals surface area contributed by atoms with Crippen LogP contribution in [0.5, 0.6) is 0 Å². The van der Waals surface area contributed by atoms with Gasteiger partial charge in [0, 0.05) is 18.7 Å². The Morgan fingerprint density at radius 2 is 1.95 bits per heavy atom. The molecule has 0 radical (unpaired) electrons. The van der Waals surface area contributed by atoms with E-state index in [0.29, 0.717) is 17.7 Å². The number of nitrogens with zero attached hydrogens (tertiary/aromatic N) is 1. The third kappa shape index (κ3) is 4.93. The summed E-state index contributed by atoms with van der Waals surface area (Å²) >= 11 is 0. The molecule has 0 aliphatic carbocycles. The lowest BCUT2D eigenvalue weighted by molar-refractivity contribution is 0.172. The number of carbonyl (C=O) groups excluding carboxylic acids is 1. The second kappa shape index (κ2) is 7.81. The maximum absolute atomic E-state index is 11.8. The first-order valence-corrected chi connectivity index (χ1v) is 6.94. The molecule has 0 aromatic heterocycles. The van der Waals surface area contributed by atoms with E-state index in [1.165, 1.54) is 0 Å². The van der Waals surface area contributed by atoms with Crippen molar-refractivity contribution in [3.05, 3.63) is 65.7 Å². The van der Waals surface area contributed by atoms with E-state index < -0.39 is 12.1 Å². The molecular formula is C17H17N3O2. The summed E-state index contributed by atoms with van der Waals surface area (Å²) in [7, 11) is 0. The zero-order valence-corrected chi connectivity index (χ0v) is 12.0. The number of aliphatic hydroxyl groups is 1. The molecule has 0 aliphatic rings. The fourth-order valence-corrected chi connectivity index (χ4v) is 2.01. The third-order valence-electron chi connectivity index (χ3n) is 3.06. The number of urea groups is 1. The molecule has 2 rings (SSSR count). The summed E-state index contributed by atoms with van der Waals surface area (Å²) in [5.74, 6) is 0. The van der Waals surface area contributed by atoms with Crippen LogP contribution in [0.4, 0.5) is 10.5 Å². The molecule has 3 N–H and O–H groups in total. The molecule has 0 saturated heterocycles. The lowest BCUT2D eigenvalue weighted by Crippen LogP contribution is -2.36. The number of hydrogen-bond acceptors (Lipinski definition) is 3. The Bertz CT molecular complexity index is 665. The molecule has 2 aromatic carbocycles. The normalized spacial score (nSPS) is 11.3. The van der Waals surface area contributed by atoms with Gasteiger partial charge in [0.2, 0.25) is 0 Å². The predicted octanol–water partition coefficient (Wildman–Crippen LogP) is 2.28. The highest BCUT2D eigenvalue weighted by molar-refractivity contribution is 5.89. The Balaban J connectivity index is 1.78. The fraction of sp³-hybridized carbons (Fsp3) is 0.176. The smallest absolute Gasteiger partial charge is 0.319 e. The lowest BCUT2D eigenvalue weighted by atomic mass is 10.1. The summed E-state index contributed by atoms with van der Waals surface area (Å²) in [6.07, 6.45) is -0.177. The van der Waals surface area contributed by atoms with E-state index in [4.69, 9.17) is 5.26 Å². The van der Waals surface area contributed by atoms with Crippen molar-refractivity contribution in [3.8, 4) is 6.07 Å². The molecule has 5 nitrogen and oxygen atoms in total. The summed E-state index contributed by atoms with van der Waals surface area (Å²) in [5.41, 5.74) is 2.02. The van der Waals surface area contributed by atoms with E-state index in [9.17, 15) is 9.90 Å². The minimum atomic E-state index is -0.654. The minimum absolute atomic E-state index is 0.151. The summed E-state index contributed by atoms with van der Waals surface area (Å²) in [6.45, 7) is 0.151. The number of aliphatic hydroxyl groups excluding tert-OH is 1. The van der Waals surface area contributed by atoms with Crippen LogP contribution < -0.4 is 10.6 Å². The van der Waals surface area contributed by atoms with Crippen molar-refractivity contribution < 1.29 is 9.90 Å². The number of carbonyl (C=O) groups is 1. The predicted molar refractivity (Wildman–Crippen MR) is 84.3 cm³/mol. The van der Waals surface area contributed by atoms with Crippen molar-refractivity contribution in [2.75, 3.05) is 11.9 Å². The van der Waals surface area contributed by atoms with E-state index in [-0.39, 0.29) is 6.54 Å². The second-order valence-corrected chi connectivity index (χ2v) is 4.87. The Morgan fingerprint density at radius 1 is 1.18 bits per heavy atom. The summed E-state index contributed by atoms with van der Waals surface area (Å²) in [4.78, 5) is 11.8. The van der Waals surface area contributed by atoms with Gasteiger partial charge in [0.05, 0.1) is 17.7 Å². The quantitative estimate of drug-likeness (QED) is 0.791. The maximum atomic E-state index is 11.8. The molecule has 0 spiro atoms. The molecule has 2 amide bonds. The van der Waals surface area contributed by atoms with Gasteiger partial charge < -0.3 is 15.7 Å². The topological polar surface area (TPSA) is 85.2 Å². The van der Waals surface area contributed by atoms with Gasteiger partial charge in [0.15, 0.2) is 0 Å². The van der Waals surface area contributed by atoms with Crippen molar-refractivity contribution >= 4 is 11.7 Å². The molecule has 112 valence electrons. The first kappa shape index (κ1) is 15.5. The highest BCUT2D eigenvalue weighted by atomic mass is 16.3. The maximum Gasteiger partial charge on any atom is 0.319 e. The van der Waals surface area contributed by atoms with Crippen molar-refractivity contribution in [3.63, 3.8) is 0 Å². The highest BCUT2D eigenvalue weighted by Crippen LogP contribution is 2.09. The minimum Gasteiger partial charge on any atom is -0.391 e. The number of rotatable bonds is 5. The molecule has 0 bridgehead atoms. The van der Waals surface area contributed by atoms with Crippen LogP contribution in [0.2, 0.25) is 0 Å². The van der Waals surface area contributed by atoms with E-state index in [1.54, 1.807) is 24.3 Å². The zero-order valence-electron chi connectivity index (χ0n) is 12.0. The molecule has 0 aliphatic heterocycles. The van der Waals surface area contributed by atoms with Gasteiger partial charge >= 0.3 is 6.03 Å². The van der Waals surface area contributed by atoms with Crippen molar-refractivity contribution in [2.45, 2.75) is 12.5 Å². The molecule has 1 atom stereocenters. The van der Waals surface area contributed by atoms with E-state index >= 15 is 0 Å². The largest absolute Gasteiger partial charge is 0.391 e. The van der Waals surface area contributed by atoms with Crippen LogP contribution in [-0.4, -0.2) is 23.8 Å². The number of amides is 2. The molecule has 0 heterocycles. The average molecular weight is 295 g/mol. The van der Waals surface area contributed by atoms with Gasteiger partial charge in [-0.25, -0.2) is 4.79 Å². The molecule has 2 aromatic rings. The van der Waals surface area contributed by atoms with Crippen LogP contribution in [0.25, 0.3) is 0 Å². The van der Waals surface area contributed by atoms with E-state index in [2.05, 4.69) is 10.6 Å². The zero-order chi connectivity index (χ0) is 15.8. The van der Waals surface area contributed by atoms with Gasteiger partial charge in [-0.2, -0.15) is 5.26 Å². The monoisotopic (exact) mass is 295 g/mol. The first-order valence-electron chi connectivity index (χ1n) is 6.94. The third-order valence-corrected chi connectivity index (χ3v) is 3.06. The second-order valence-electron chi connectivity index (χ2n) is 4.87. The number of nitriles is 1. The first-order chi connectivity index (χ1) is 10.7. The average Bonchev–Trinajstić information content (AvgIpc) is 2.54. The van der Waals surface area contributed by atoms with Crippen molar-refractivity contribution in [1.82, 2.24) is 5.32 Å². The Kier molecular flexibility index (Phi) is 5.52. The lowest BCUT2D eigenvalue weighted by Gasteiger charge is -2.13. The van der Waals surface area contributed by atoms with E-state index in [1.807, 2.05) is 36.4 Å². The van der Waals surface area contributed by atoms with E-state index in [0.717, 1.165) is 5.56 Å². The van der Waals surface area contributed by atoms with Gasteiger partial charge in [-0.3, -0.25) is 0 Å². The highest BCUT2D eigenvalue weighted by Gasteiger charge is 2.08. The van der Waals surface area contributed by atoms with Crippen LogP contribution in [0.1, 0.15) is 11.1 Å². The standard InChI is InChI=1S/C17H17N3O2/c18-11-14-7-4-8-15(9-14)20-17(22)19-12-16(21)10-13-5-2-1-3-6-13/h1-9,16,21H,10,12H2,(H2,19,20,22). The summed E-state index contributed by atoms with van der Waals surface area (Å²) in [6, 6.07) is 17.8. The van der Waals surface area contributed by atoms with Crippen molar-refractivity contribution in [1.29, 1.82) is 5.26 Å². The van der Waals surface area contributed by atoms with Crippen molar-refractivity contribution in [2.24, 2.45) is 0 Å². The number of nitrogens with one attached hydrogen (secondary N) is 2. The van der Waals surface area contributed by atoms with Gasteiger partial charge in [-0.05, 0) is 23.8 Å². The number of benzene rings is 2. The fourth-order valence-electron chi connectivity index (χ4n) is 2.01. The van der Waals surface area contributed by atoms with Gasteiger partial charge in [0.25, 0.3) is 0 Å². The molecular weight excluding hydrogens is 278 g/mol. The Labute approximate surface area is 129 Å². The van der Waals surface area contributed by atoms with Crippen LogP contribution >= 0.6 is 0 Å².